The smallest absolute Gasteiger partial charge is 0.256 e. The highest BCUT2D eigenvalue weighted by Gasteiger charge is 2.23. The fourth-order valence-corrected chi connectivity index (χ4v) is 2.19. The lowest BCUT2D eigenvalue weighted by Crippen LogP contribution is -2.39. The molecule has 5 heteroatoms. The van der Waals surface area contributed by atoms with Gasteiger partial charge in [0.05, 0.1) is 18.8 Å². The van der Waals surface area contributed by atoms with Crippen LogP contribution in [-0.4, -0.2) is 23.6 Å². The zero-order valence-corrected chi connectivity index (χ0v) is 13.7. The van der Waals surface area contributed by atoms with Gasteiger partial charge in [0.25, 0.3) is 5.91 Å². The summed E-state index contributed by atoms with van der Waals surface area (Å²) in [4.78, 5) is 18.6. The van der Waals surface area contributed by atoms with Gasteiger partial charge in [0, 0.05) is 11.9 Å². The molecule has 0 N–H and O–H groups in total. The lowest BCUT2D eigenvalue weighted by molar-refractivity contribution is -0.129. The molecule has 1 aromatic heterocycles. The normalized spacial score (nSPS) is 11.8. The Bertz CT molecular complexity index is 659. The van der Waals surface area contributed by atoms with Gasteiger partial charge < -0.3 is 9.64 Å². The average Bonchev–Trinajstić information content (AvgIpc) is 2.61. The standard InChI is InChI=1S/C19H21FN2O2/c1-3-4-13-24-15(2)19(23)22(14-17-7-5-6-12-21-17)18-10-8-16(20)9-11-18/h3,5-12,15H,1,4,13-14H2,2H3. The third-order valence-corrected chi connectivity index (χ3v) is 3.49. The minimum Gasteiger partial charge on any atom is -0.368 e. The third-order valence-electron chi connectivity index (χ3n) is 3.49. The molecule has 0 aliphatic rings. The third kappa shape index (κ3) is 4.99. The fourth-order valence-electron chi connectivity index (χ4n) is 2.19. The summed E-state index contributed by atoms with van der Waals surface area (Å²) in [5.74, 6) is -0.546. The lowest BCUT2D eigenvalue weighted by atomic mass is 10.2. The highest BCUT2D eigenvalue weighted by atomic mass is 19.1. The molecule has 0 radical (unpaired) electrons. The quantitative estimate of drug-likeness (QED) is 0.548. The Morgan fingerprint density at radius 1 is 1.33 bits per heavy atom. The molecule has 126 valence electrons. The molecule has 1 atom stereocenters. The topological polar surface area (TPSA) is 42.4 Å². The number of rotatable bonds is 8. The Balaban J connectivity index is 2.19. The minimum atomic E-state index is -0.612. The molecule has 0 aliphatic carbocycles. The van der Waals surface area contributed by atoms with Crippen molar-refractivity contribution in [2.24, 2.45) is 0 Å². The van der Waals surface area contributed by atoms with E-state index in [4.69, 9.17) is 4.74 Å². The molecular formula is C19H21FN2O2. The molecule has 0 saturated heterocycles. The number of amides is 1. The number of pyridine rings is 1. The van der Waals surface area contributed by atoms with Crippen molar-refractivity contribution < 1.29 is 13.9 Å². The number of ether oxygens (including phenoxy) is 1. The predicted octanol–water partition coefficient (Wildman–Crippen LogP) is 3.74. The highest BCUT2D eigenvalue weighted by molar-refractivity contribution is 5.96. The first-order chi connectivity index (χ1) is 11.6. The first-order valence-electron chi connectivity index (χ1n) is 7.81. The molecule has 0 fully saturated rings. The van der Waals surface area contributed by atoms with Gasteiger partial charge >= 0.3 is 0 Å². The van der Waals surface area contributed by atoms with Gasteiger partial charge in [-0.3, -0.25) is 9.78 Å². The summed E-state index contributed by atoms with van der Waals surface area (Å²) in [6, 6.07) is 11.3. The van der Waals surface area contributed by atoms with Gasteiger partial charge in [-0.1, -0.05) is 12.1 Å². The number of benzene rings is 1. The van der Waals surface area contributed by atoms with Crippen LogP contribution in [0, 0.1) is 5.82 Å². The van der Waals surface area contributed by atoms with E-state index >= 15 is 0 Å². The number of hydrogen-bond donors (Lipinski definition) is 0. The Hall–Kier alpha value is -2.53. The molecule has 0 aliphatic heterocycles. The van der Waals surface area contributed by atoms with Crippen LogP contribution in [0.3, 0.4) is 0 Å². The molecule has 0 spiro atoms. The van der Waals surface area contributed by atoms with Gasteiger partial charge in [-0.2, -0.15) is 0 Å². The summed E-state index contributed by atoms with van der Waals surface area (Å²) in [5, 5.41) is 0. The van der Waals surface area contributed by atoms with Gasteiger partial charge in [0.15, 0.2) is 0 Å². The van der Waals surface area contributed by atoms with Crippen molar-refractivity contribution >= 4 is 11.6 Å². The van der Waals surface area contributed by atoms with E-state index in [0.717, 1.165) is 5.69 Å². The first kappa shape index (κ1) is 17.8. The average molecular weight is 328 g/mol. The van der Waals surface area contributed by atoms with Crippen LogP contribution in [0.2, 0.25) is 0 Å². The number of carbonyl (C=O) groups is 1. The Morgan fingerprint density at radius 2 is 2.08 bits per heavy atom. The van der Waals surface area contributed by atoms with E-state index in [9.17, 15) is 9.18 Å². The van der Waals surface area contributed by atoms with Crippen molar-refractivity contribution in [1.82, 2.24) is 4.98 Å². The molecule has 2 aromatic rings. The Morgan fingerprint density at radius 3 is 2.71 bits per heavy atom. The first-order valence-corrected chi connectivity index (χ1v) is 7.81. The van der Waals surface area contributed by atoms with Gasteiger partial charge in [0.1, 0.15) is 11.9 Å². The number of hydrogen-bond acceptors (Lipinski definition) is 3. The van der Waals surface area contributed by atoms with E-state index in [0.29, 0.717) is 25.3 Å². The van der Waals surface area contributed by atoms with Crippen LogP contribution >= 0.6 is 0 Å². The summed E-state index contributed by atoms with van der Waals surface area (Å²) < 4.78 is 18.7. The molecule has 1 amide bonds. The second-order valence-corrected chi connectivity index (χ2v) is 5.31. The van der Waals surface area contributed by atoms with Crippen LogP contribution < -0.4 is 4.90 Å². The molecule has 24 heavy (non-hydrogen) atoms. The SMILES string of the molecule is C=CCCOC(C)C(=O)N(Cc1ccccn1)c1ccc(F)cc1. The molecule has 1 heterocycles. The van der Waals surface area contributed by atoms with Crippen LogP contribution in [-0.2, 0) is 16.1 Å². The van der Waals surface area contributed by atoms with Gasteiger partial charge in [-0.15, -0.1) is 6.58 Å². The monoisotopic (exact) mass is 328 g/mol. The Labute approximate surface area is 141 Å². The van der Waals surface area contributed by atoms with Crippen LogP contribution in [0.1, 0.15) is 19.0 Å². The van der Waals surface area contributed by atoms with Crippen LogP contribution in [0.5, 0.6) is 0 Å². The summed E-state index contributed by atoms with van der Waals surface area (Å²) in [5.41, 5.74) is 1.35. The fraction of sp³-hybridized carbons (Fsp3) is 0.263. The summed E-state index contributed by atoms with van der Waals surface area (Å²) in [6.07, 6.45) is 3.47. The van der Waals surface area contributed by atoms with Crippen molar-refractivity contribution in [3.05, 3.63) is 72.8 Å². The molecule has 0 saturated carbocycles. The Kier molecular flexibility index (Phi) is 6.63. The molecule has 1 unspecified atom stereocenters. The number of nitrogens with zero attached hydrogens (tertiary/aromatic N) is 2. The van der Waals surface area contributed by atoms with Crippen LogP contribution in [0.15, 0.2) is 61.3 Å². The van der Waals surface area contributed by atoms with E-state index in [-0.39, 0.29) is 11.7 Å². The van der Waals surface area contributed by atoms with Gasteiger partial charge in [-0.05, 0) is 49.7 Å². The number of carbonyl (C=O) groups excluding carboxylic acids is 1. The largest absolute Gasteiger partial charge is 0.368 e. The minimum absolute atomic E-state index is 0.198. The van der Waals surface area contributed by atoms with Crippen molar-refractivity contribution in [3.8, 4) is 0 Å². The predicted molar refractivity (Wildman–Crippen MR) is 92.1 cm³/mol. The maximum absolute atomic E-state index is 13.2. The van der Waals surface area contributed by atoms with Crippen LogP contribution in [0.25, 0.3) is 0 Å². The second kappa shape index (κ2) is 8.93. The van der Waals surface area contributed by atoms with E-state index in [1.165, 1.54) is 12.1 Å². The van der Waals surface area contributed by atoms with Crippen molar-refractivity contribution in [2.75, 3.05) is 11.5 Å². The summed E-state index contributed by atoms with van der Waals surface area (Å²) in [6.45, 7) is 6.06. The molecule has 1 aromatic carbocycles. The van der Waals surface area contributed by atoms with Gasteiger partial charge in [-0.25, -0.2) is 4.39 Å². The number of aromatic nitrogens is 1. The van der Waals surface area contributed by atoms with Crippen molar-refractivity contribution in [1.29, 1.82) is 0 Å². The maximum atomic E-state index is 13.2. The van der Waals surface area contributed by atoms with Gasteiger partial charge in [0.2, 0.25) is 0 Å². The van der Waals surface area contributed by atoms with E-state index in [1.807, 2.05) is 18.2 Å². The zero-order chi connectivity index (χ0) is 17.4. The van der Waals surface area contributed by atoms with E-state index in [2.05, 4.69) is 11.6 Å². The van der Waals surface area contributed by atoms with Crippen molar-refractivity contribution in [3.63, 3.8) is 0 Å². The number of halogens is 1. The summed E-state index contributed by atoms with van der Waals surface area (Å²) in [7, 11) is 0. The van der Waals surface area contributed by atoms with Crippen LogP contribution in [0.4, 0.5) is 10.1 Å². The number of anilines is 1. The lowest BCUT2D eigenvalue weighted by Gasteiger charge is -2.25. The summed E-state index contributed by atoms with van der Waals surface area (Å²) >= 11 is 0. The van der Waals surface area contributed by atoms with Crippen molar-refractivity contribution in [2.45, 2.75) is 26.0 Å². The molecular weight excluding hydrogens is 307 g/mol. The highest BCUT2D eigenvalue weighted by Crippen LogP contribution is 2.19. The molecule has 2 rings (SSSR count). The van der Waals surface area contributed by atoms with E-state index in [1.54, 1.807) is 36.2 Å². The van der Waals surface area contributed by atoms with E-state index < -0.39 is 6.10 Å². The maximum Gasteiger partial charge on any atom is 0.256 e. The molecule has 4 nitrogen and oxygen atoms in total. The second-order valence-electron chi connectivity index (χ2n) is 5.31. The zero-order valence-electron chi connectivity index (χ0n) is 13.7. The molecule has 0 bridgehead atoms.